The van der Waals surface area contributed by atoms with Gasteiger partial charge in [0.2, 0.25) is 5.75 Å². The van der Waals surface area contributed by atoms with Crippen LogP contribution in [0.5, 0.6) is 17.2 Å². The number of methoxy groups -OCH3 is 3. The van der Waals surface area contributed by atoms with Crippen molar-refractivity contribution in [2.45, 2.75) is 44.7 Å². The largest absolute Gasteiger partial charge is 0.493 e. The Bertz CT molecular complexity index is 1170. The fourth-order valence-corrected chi connectivity index (χ4v) is 4.95. The summed E-state index contributed by atoms with van der Waals surface area (Å²) in [5.74, 6) is 2.45. The van der Waals surface area contributed by atoms with E-state index in [9.17, 15) is 4.79 Å². The van der Waals surface area contributed by atoms with Crippen LogP contribution in [0.15, 0.2) is 42.5 Å². The zero-order valence-corrected chi connectivity index (χ0v) is 21.3. The molecule has 0 saturated heterocycles. The molecule has 4 rings (SSSR count). The molecule has 1 amide bonds. The molecule has 3 aromatic rings. The SMILES string of the molecule is COc1cc(CN(C)C(=O)c2cc(N(C)C3CCCCC3)nc3ccccc23)cc(OC)c1OC. The molecule has 1 aliphatic rings. The Hall–Kier alpha value is -3.48. The van der Waals surface area contributed by atoms with Crippen molar-refractivity contribution in [2.24, 2.45) is 0 Å². The number of nitrogens with zero attached hydrogens (tertiary/aromatic N) is 3. The Morgan fingerprint density at radius 2 is 1.60 bits per heavy atom. The molecule has 0 bridgehead atoms. The predicted octanol–water partition coefficient (Wildman–Crippen LogP) is 5.30. The van der Waals surface area contributed by atoms with E-state index in [0.29, 0.717) is 35.4 Å². The van der Waals surface area contributed by atoms with E-state index in [1.165, 1.54) is 19.3 Å². The average Bonchev–Trinajstić information content (AvgIpc) is 2.91. The lowest BCUT2D eigenvalue weighted by molar-refractivity contribution is 0.0786. The van der Waals surface area contributed by atoms with Crippen LogP contribution < -0.4 is 19.1 Å². The first-order chi connectivity index (χ1) is 17.0. The minimum absolute atomic E-state index is 0.0596. The van der Waals surface area contributed by atoms with Crippen LogP contribution >= 0.6 is 0 Å². The highest BCUT2D eigenvalue weighted by Crippen LogP contribution is 2.38. The van der Waals surface area contributed by atoms with E-state index in [2.05, 4.69) is 11.9 Å². The maximum absolute atomic E-state index is 13.7. The molecule has 0 unspecified atom stereocenters. The molecule has 0 aliphatic heterocycles. The number of amides is 1. The van der Waals surface area contributed by atoms with E-state index in [-0.39, 0.29) is 5.91 Å². The second-order valence-corrected chi connectivity index (χ2v) is 9.14. The summed E-state index contributed by atoms with van der Waals surface area (Å²) in [6.45, 7) is 0.389. The quantitative estimate of drug-likeness (QED) is 0.439. The van der Waals surface area contributed by atoms with Gasteiger partial charge >= 0.3 is 0 Å². The molecular formula is C28H35N3O4. The third-order valence-electron chi connectivity index (χ3n) is 6.91. The summed E-state index contributed by atoms with van der Waals surface area (Å²) in [6, 6.07) is 14.0. The molecule has 1 aliphatic carbocycles. The van der Waals surface area contributed by atoms with Crippen LogP contribution in [-0.4, -0.2) is 57.3 Å². The number of hydrogen-bond donors (Lipinski definition) is 0. The second-order valence-electron chi connectivity index (χ2n) is 9.14. The van der Waals surface area contributed by atoms with Gasteiger partial charge in [-0.25, -0.2) is 4.98 Å². The number of rotatable bonds is 8. The van der Waals surface area contributed by atoms with Crippen molar-refractivity contribution in [1.82, 2.24) is 9.88 Å². The number of pyridine rings is 1. The number of aromatic nitrogens is 1. The second kappa shape index (κ2) is 10.8. The van der Waals surface area contributed by atoms with Gasteiger partial charge in [-0.1, -0.05) is 37.5 Å². The summed E-state index contributed by atoms with van der Waals surface area (Å²) in [6.07, 6.45) is 6.10. The van der Waals surface area contributed by atoms with Crippen LogP contribution in [0.25, 0.3) is 10.9 Å². The molecule has 7 heteroatoms. The van der Waals surface area contributed by atoms with Crippen molar-refractivity contribution < 1.29 is 19.0 Å². The van der Waals surface area contributed by atoms with E-state index in [1.807, 2.05) is 49.5 Å². The zero-order valence-electron chi connectivity index (χ0n) is 21.3. The molecule has 186 valence electrons. The smallest absolute Gasteiger partial charge is 0.254 e. The number of carbonyl (C=O) groups is 1. The monoisotopic (exact) mass is 477 g/mol. The minimum Gasteiger partial charge on any atom is -0.493 e. The number of ether oxygens (including phenoxy) is 3. The fourth-order valence-electron chi connectivity index (χ4n) is 4.95. The van der Waals surface area contributed by atoms with Gasteiger partial charge in [0.1, 0.15) is 5.82 Å². The summed E-state index contributed by atoms with van der Waals surface area (Å²) < 4.78 is 16.4. The summed E-state index contributed by atoms with van der Waals surface area (Å²) in [4.78, 5) is 22.6. The van der Waals surface area contributed by atoms with Crippen LogP contribution in [-0.2, 0) is 6.54 Å². The first-order valence-corrected chi connectivity index (χ1v) is 12.1. The molecule has 1 fully saturated rings. The average molecular weight is 478 g/mol. The van der Waals surface area contributed by atoms with E-state index in [0.717, 1.165) is 35.1 Å². The van der Waals surface area contributed by atoms with Gasteiger partial charge in [-0.15, -0.1) is 0 Å². The van der Waals surface area contributed by atoms with Crippen molar-refractivity contribution >= 4 is 22.6 Å². The van der Waals surface area contributed by atoms with Gasteiger partial charge in [0.05, 0.1) is 32.4 Å². The Morgan fingerprint density at radius 1 is 0.943 bits per heavy atom. The minimum atomic E-state index is -0.0596. The van der Waals surface area contributed by atoms with Crippen molar-refractivity contribution in [3.8, 4) is 17.2 Å². The van der Waals surface area contributed by atoms with Crippen molar-refractivity contribution in [3.63, 3.8) is 0 Å². The summed E-state index contributed by atoms with van der Waals surface area (Å²) in [7, 11) is 8.66. The predicted molar refractivity (Wildman–Crippen MR) is 139 cm³/mol. The Balaban J connectivity index is 1.66. The van der Waals surface area contributed by atoms with Gasteiger partial charge in [0.15, 0.2) is 11.5 Å². The Kier molecular flexibility index (Phi) is 7.63. The summed E-state index contributed by atoms with van der Waals surface area (Å²) >= 11 is 0. The molecule has 1 saturated carbocycles. The first kappa shape index (κ1) is 24.6. The van der Waals surface area contributed by atoms with Gasteiger partial charge in [-0.2, -0.15) is 0 Å². The molecule has 0 spiro atoms. The summed E-state index contributed by atoms with van der Waals surface area (Å²) in [5.41, 5.74) is 2.37. The van der Waals surface area contributed by atoms with Crippen molar-refractivity contribution in [2.75, 3.05) is 40.3 Å². The number of carbonyl (C=O) groups excluding carboxylic acids is 1. The number of benzene rings is 2. The van der Waals surface area contributed by atoms with E-state index in [1.54, 1.807) is 26.2 Å². The van der Waals surface area contributed by atoms with E-state index in [4.69, 9.17) is 19.2 Å². The van der Waals surface area contributed by atoms with E-state index >= 15 is 0 Å². The maximum atomic E-state index is 13.7. The van der Waals surface area contributed by atoms with Crippen molar-refractivity contribution in [3.05, 3.63) is 53.6 Å². The van der Waals surface area contributed by atoms with Gasteiger partial charge in [0.25, 0.3) is 5.91 Å². The normalized spacial score (nSPS) is 14.0. The standard InChI is InChI=1S/C28H35N3O4/c1-30(18-19-15-24(33-3)27(35-5)25(16-19)34-4)28(32)22-17-26(29-23-14-10-9-13-21(22)23)31(2)20-11-7-6-8-12-20/h9-10,13-17,20H,6-8,11-12,18H2,1-5H3. The number of para-hydroxylation sites is 1. The molecular weight excluding hydrogens is 442 g/mol. The van der Waals surface area contributed by atoms with Gasteiger partial charge in [-0.3, -0.25) is 4.79 Å². The van der Waals surface area contributed by atoms with Crippen LogP contribution in [0.2, 0.25) is 0 Å². The highest BCUT2D eigenvalue weighted by molar-refractivity contribution is 6.06. The molecule has 35 heavy (non-hydrogen) atoms. The lowest BCUT2D eigenvalue weighted by Gasteiger charge is -2.32. The molecule has 0 N–H and O–H groups in total. The molecule has 7 nitrogen and oxygen atoms in total. The summed E-state index contributed by atoms with van der Waals surface area (Å²) in [5, 5.41) is 0.857. The molecule has 0 radical (unpaired) electrons. The number of hydrogen-bond acceptors (Lipinski definition) is 6. The lowest BCUT2D eigenvalue weighted by atomic mass is 9.94. The number of anilines is 1. The molecule has 1 heterocycles. The molecule has 2 aromatic carbocycles. The van der Waals surface area contributed by atoms with Gasteiger partial charge in [0, 0.05) is 32.1 Å². The lowest BCUT2D eigenvalue weighted by Crippen LogP contribution is -2.34. The molecule has 1 aromatic heterocycles. The Morgan fingerprint density at radius 3 is 2.23 bits per heavy atom. The molecule has 0 atom stereocenters. The highest BCUT2D eigenvalue weighted by atomic mass is 16.5. The Labute approximate surface area is 207 Å². The first-order valence-electron chi connectivity index (χ1n) is 12.1. The third kappa shape index (κ3) is 5.14. The van der Waals surface area contributed by atoms with Crippen LogP contribution in [0, 0.1) is 0 Å². The highest BCUT2D eigenvalue weighted by Gasteiger charge is 2.23. The third-order valence-corrected chi connectivity index (χ3v) is 6.91. The van der Waals surface area contributed by atoms with Gasteiger partial charge < -0.3 is 24.0 Å². The topological polar surface area (TPSA) is 64.1 Å². The number of fused-ring (bicyclic) bond motifs is 1. The van der Waals surface area contributed by atoms with Crippen LogP contribution in [0.4, 0.5) is 5.82 Å². The van der Waals surface area contributed by atoms with Crippen molar-refractivity contribution in [1.29, 1.82) is 0 Å². The fraction of sp³-hybridized carbons (Fsp3) is 0.429. The zero-order chi connectivity index (χ0) is 24.9. The van der Waals surface area contributed by atoms with Crippen LogP contribution in [0.3, 0.4) is 0 Å². The van der Waals surface area contributed by atoms with Crippen LogP contribution in [0.1, 0.15) is 48.0 Å². The van der Waals surface area contributed by atoms with Gasteiger partial charge in [-0.05, 0) is 42.7 Å². The van der Waals surface area contributed by atoms with E-state index < -0.39 is 0 Å². The maximum Gasteiger partial charge on any atom is 0.254 e.